The predicted octanol–water partition coefficient (Wildman–Crippen LogP) is 3.33. The van der Waals surface area contributed by atoms with Crippen LogP contribution in [0.3, 0.4) is 0 Å². The van der Waals surface area contributed by atoms with Crippen molar-refractivity contribution < 1.29 is 4.79 Å². The lowest BCUT2D eigenvalue weighted by Crippen LogP contribution is -2.34. The van der Waals surface area contributed by atoms with Gasteiger partial charge in [0.25, 0.3) is 5.91 Å². The summed E-state index contributed by atoms with van der Waals surface area (Å²) in [6, 6.07) is 14.5. The van der Waals surface area contributed by atoms with Gasteiger partial charge in [0.15, 0.2) is 10.2 Å². The van der Waals surface area contributed by atoms with Crippen LogP contribution in [0.25, 0.3) is 11.4 Å². The second kappa shape index (κ2) is 7.08. The van der Waals surface area contributed by atoms with Crippen molar-refractivity contribution in [3.05, 3.63) is 65.7 Å². The molecule has 1 aromatic carbocycles. The van der Waals surface area contributed by atoms with Crippen LogP contribution in [0.15, 0.2) is 60.1 Å². The van der Waals surface area contributed by atoms with Crippen LogP contribution in [0.2, 0.25) is 0 Å². The molecule has 0 bridgehead atoms. The molecular formula is C16H12N4OS2. The molecule has 2 N–H and O–H groups in total. The summed E-state index contributed by atoms with van der Waals surface area (Å²) in [5.41, 5.74) is 2.09. The largest absolute Gasteiger partial charge is 0.308 e. The molecule has 2 heterocycles. The fourth-order valence-corrected chi connectivity index (χ4v) is 2.82. The molecule has 114 valence electrons. The van der Waals surface area contributed by atoms with Crippen molar-refractivity contribution in [2.24, 2.45) is 0 Å². The minimum atomic E-state index is -0.260. The Bertz CT molecular complexity index is 818. The molecule has 2 aromatic heterocycles. The van der Waals surface area contributed by atoms with Crippen LogP contribution in [0.4, 0.5) is 5.13 Å². The van der Waals surface area contributed by atoms with E-state index in [0.717, 1.165) is 11.4 Å². The number of thiocarbonyl (C=S) groups is 1. The molecule has 0 unspecified atom stereocenters. The Morgan fingerprint density at radius 3 is 2.57 bits per heavy atom. The molecule has 0 fully saturated rings. The lowest BCUT2D eigenvalue weighted by atomic mass is 10.2. The molecule has 0 radical (unpaired) electrons. The summed E-state index contributed by atoms with van der Waals surface area (Å²) in [6.07, 6.45) is 1.71. The number of pyridine rings is 1. The summed E-state index contributed by atoms with van der Waals surface area (Å²) >= 11 is 6.54. The topological polar surface area (TPSA) is 66.9 Å². The summed E-state index contributed by atoms with van der Waals surface area (Å²) in [5.74, 6) is -0.260. The molecule has 23 heavy (non-hydrogen) atoms. The first-order chi connectivity index (χ1) is 11.2. The van der Waals surface area contributed by atoms with E-state index in [2.05, 4.69) is 20.6 Å². The summed E-state index contributed by atoms with van der Waals surface area (Å²) in [6.45, 7) is 0. The Kier molecular flexibility index (Phi) is 4.70. The average Bonchev–Trinajstić information content (AvgIpc) is 3.04. The van der Waals surface area contributed by atoms with Gasteiger partial charge in [-0.25, -0.2) is 4.98 Å². The van der Waals surface area contributed by atoms with E-state index in [0.29, 0.717) is 10.7 Å². The van der Waals surface area contributed by atoms with Gasteiger partial charge in [0.05, 0.1) is 5.69 Å². The normalized spacial score (nSPS) is 10.1. The number of rotatable bonds is 3. The molecule has 7 heteroatoms. The summed E-state index contributed by atoms with van der Waals surface area (Å²) < 4.78 is 0. The highest BCUT2D eigenvalue weighted by Crippen LogP contribution is 2.22. The highest BCUT2D eigenvalue weighted by Gasteiger charge is 2.10. The third kappa shape index (κ3) is 3.97. The van der Waals surface area contributed by atoms with Gasteiger partial charge in [-0.15, -0.1) is 11.3 Å². The number of nitrogens with one attached hydrogen (secondary N) is 2. The lowest BCUT2D eigenvalue weighted by Gasteiger charge is -2.06. The monoisotopic (exact) mass is 340 g/mol. The zero-order valence-electron chi connectivity index (χ0n) is 11.9. The van der Waals surface area contributed by atoms with E-state index in [1.165, 1.54) is 11.3 Å². The maximum absolute atomic E-state index is 12.0. The van der Waals surface area contributed by atoms with Gasteiger partial charge in [-0.2, -0.15) is 0 Å². The van der Waals surface area contributed by atoms with Gasteiger partial charge in [0.2, 0.25) is 0 Å². The number of thiazole rings is 1. The first-order valence-corrected chi connectivity index (χ1v) is 8.05. The smallest absolute Gasteiger partial charge is 0.257 e. The fraction of sp³-hybridized carbons (Fsp3) is 0. The highest BCUT2D eigenvalue weighted by molar-refractivity contribution is 7.80. The summed E-state index contributed by atoms with van der Waals surface area (Å²) in [5, 5.41) is 8.23. The molecule has 5 nitrogen and oxygen atoms in total. The Morgan fingerprint density at radius 1 is 1.04 bits per heavy atom. The van der Waals surface area contributed by atoms with E-state index in [9.17, 15) is 4.79 Å². The standard InChI is InChI=1S/C16H12N4OS2/c21-14(11-6-2-1-3-7-11)19-15(22)20-16-18-13(10-23-16)12-8-4-5-9-17-12/h1-10H,(H2,18,19,20,21,22). The molecule has 0 atom stereocenters. The Labute approximate surface area is 142 Å². The SMILES string of the molecule is O=C(NC(=S)Nc1nc(-c2ccccn2)cs1)c1ccccc1. The second-order valence-electron chi connectivity index (χ2n) is 4.53. The Morgan fingerprint density at radius 2 is 1.83 bits per heavy atom. The maximum atomic E-state index is 12.0. The zero-order valence-corrected chi connectivity index (χ0v) is 13.5. The van der Waals surface area contributed by atoms with Gasteiger partial charge in [-0.05, 0) is 36.5 Å². The lowest BCUT2D eigenvalue weighted by molar-refractivity contribution is 0.0978. The number of anilines is 1. The maximum Gasteiger partial charge on any atom is 0.257 e. The number of amides is 1. The van der Waals surface area contributed by atoms with Crippen LogP contribution >= 0.6 is 23.6 Å². The number of benzene rings is 1. The van der Waals surface area contributed by atoms with Gasteiger partial charge in [-0.3, -0.25) is 15.1 Å². The minimum Gasteiger partial charge on any atom is -0.308 e. The highest BCUT2D eigenvalue weighted by atomic mass is 32.1. The van der Waals surface area contributed by atoms with Crippen LogP contribution in [-0.4, -0.2) is 21.0 Å². The van der Waals surface area contributed by atoms with Crippen molar-refractivity contribution in [3.63, 3.8) is 0 Å². The Hall–Kier alpha value is -2.64. The molecule has 0 aliphatic carbocycles. The fourth-order valence-electron chi connectivity index (χ4n) is 1.86. The van der Waals surface area contributed by atoms with E-state index >= 15 is 0 Å². The molecule has 0 saturated carbocycles. The van der Waals surface area contributed by atoms with Crippen molar-refractivity contribution >= 4 is 39.7 Å². The van der Waals surface area contributed by atoms with Gasteiger partial charge in [0, 0.05) is 17.1 Å². The zero-order chi connectivity index (χ0) is 16.1. The van der Waals surface area contributed by atoms with Crippen LogP contribution < -0.4 is 10.6 Å². The van der Waals surface area contributed by atoms with Crippen LogP contribution in [0.1, 0.15) is 10.4 Å². The van der Waals surface area contributed by atoms with E-state index in [-0.39, 0.29) is 11.0 Å². The first-order valence-electron chi connectivity index (χ1n) is 6.77. The van der Waals surface area contributed by atoms with Crippen LogP contribution in [-0.2, 0) is 0 Å². The van der Waals surface area contributed by atoms with Gasteiger partial charge >= 0.3 is 0 Å². The average molecular weight is 340 g/mol. The minimum absolute atomic E-state index is 0.209. The number of hydrogen-bond acceptors (Lipinski definition) is 5. The molecule has 3 rings (SSSR count). The Balaban J connectivity index is 1.63. The quantitative estimate of drug-likeness (QED) is 0.716. The molecule has 3 aromatic rings. The molecule has 0 aliphatic rings. The molecule has 0 spiro atoms. The number of carbonyl (C=O) groups is 1. The van der Waals surface area contributed by atoms with Crippen LogP contribution in [0, 0.1) is 0 Å². The van der Waals surface area contributed by atoms with Crippen molar-refractivity contribution in [1.29, 1.82) is 0 Å². The number of nitrogens with zero attached hydrogens (tertiary/aromatic N) is 2. The van der Waals surface area contributed by atoms with Gasteiger partial charge in [-0.1, -0.05) is 24.3 Å². The molecular weight excluding hydrogens is 328 g/mol. The van der Waals surface area contributed by atoms with Crippen molar-refractivity contribution in [2.45, 2.75) is 0 Å². The van der Waals surface area contributed by atoms with Gasteiger partial charge < -0.3 is 5.32 Å². The van der Waals surface area contributed by atoms with Gasteiger partial charge in [0.1, 0.15) is 5.69 Å². The first kappa shape index (κ1) is 15.3. The third-order valence-corrected chi connectivity index (χ3v) is 3.88. The molecule has 1 amide bonds. The number of carbonyl (C=O) groups excluding carboxylic acids is 1. The molecule has 0 saturated heterocycles. The summed E-state index contributed by atoms with van der Waals surface area (Å²) in [7, 11) is 0. The second-order valence-corrected chi connectivity index (χ2v) is 5.79. The molecule has 0 aliphatic heterocycles. The van der Waals surface area contributed by atoms with E-state index in [1.54, 1.807) is 30.5 Å². The van der Waals surface area contributed by atoms with Crippen molar-refractivity contribution in [1.82, 2.24) is 15.3 Å². The van der Waals surface area contributed by atoms with Crippen molar-refractivity contribution in [2.75, 3.05) is 5.32 Å². The van der Waals surface area contributed by atoms with E-state index in [4.69, 9.17) is 12.2 Å². The third-order valence-electron chi connectivity index (χ3n) is 2.92. The van der Waals surface area contributed by atoms with Crippen molar-refractivity contribution in [3.8, 4) is 11.4 Å². The number of aromatic nitrogens is 2. The van der Waals surface area contributed by atoms with E-state index < -0.39 is 0 Å². The van der Waals surface area contributed by atoms with E-state index in [1.807, 2.05) is 29.6 Å². The predicted molar refractivity (Wildman–Crippen MR) is 95.5 cm³/mol. The summed E-state index contributed by atoms with van der Waals surface area (Å²) in [4.78, 5) is 20.7. The van der Waals surface area contributed by atoms with Crippen LogP contribution in [0.5, 0.6) is 0 Å². The number of hydrogen-bond donors (Lipinski definition) is 2.